The van der Waals surface area contributed by atoms with Gasteiger partial charge in [0, 0.05) is 6.42 Å². The van der Waals surface area contributed by atoms with E-state index in [9.17, 15) is 9.90 Å². The van der Waals surface area contributed by atoms with Crippen molar-refractivity contribution in [3.63, 3.8) is 0 Å². The first kappa shape index (κ1) is 17.3. The van der Waals surface area contributed by atoms with Crippen LogP contribution >= 0.6 is 0 Å². The summed E-state index contributed by atoms with van der Waals surface area (Å²) in [6.45, 7) is 4.03. The number of methoxy groups -OCH3 is 1. The lowest BCUT2D eigenvalue weighted by Crippen LogP contribution is -2.46. The predicted octanol–water partition coefficient (Wildman–Crippen LogP) is 3.36. The van der Waals surface area contributed by atoms with Gasteiger partial charge in [-0.3, -0.25) is 4.79 Å². The quantitative estimate of drug-likeness (QED) is 0.454. The molecule has 0 unspecified atom stereocenters. The summed E-state index contributed by atoms with van der Waals surface area (Å²) in [4.78, 5) is 11.1. The molecule has 1 aromatic rings. The Labute approximate surface area is 137 Å². The third-order valence-corrected chi connectivity index (χ3v) is 4.28. The van der Waals surface area contributed by atoms with E-state index in [1.807, 2.05) is 30.3 Å². The van der Waals surface area contributed by atoms with E-state index in [0.29, 0.717) is 37.5 Å². The highest BCUT2D eigenvalue weighted by Crippen LogP contribution is 2.45. The number of hydrogen-bond acceptors (Lipinski definition) is 4. The summed E-state index contributed by atoms with van der Waals surface area (Å²) < 4.78 is 10.3. The van der Waals surface area contributed by atoms with Gasteiger partial charge in [0.25, 0.3) is 0 Å². The normalized spacial score (nSPS) is 22.6. The number of carbonyl (C=O) groups is 1. The number of ether oxygens (including phenoxy) is 2. The fourth-order valence-corrected chi connectivity index (χ4v) is 3.00. The molecule has 1 aliphatic rings. The molecule has 0 bridgehead atoms. The second-order valence-electron chi connectivity index (χ2n) is 6.05. The monoisotopic (exact) mass is 316 g/mol. The van der Waals surface area contributed by atoms with Crippen LogP contribution in [-0.2, 0) is 20.9 Å². The van der Waals surface area contributed by atoms with Crippen molar-refractivity contribution in [1.29, 1.82) is 0 Å². The predicted molar refractivity (Wildman–Crippen MR) is 87.4 cm³/mol. The number of rotatable bonds is 8. The molecule has 124 valence electrons. The number of carbonyl (C=O) groups excluding carboxylic acids is 1. The van der Waals surface area contributed by atoms with Crippen molar-refractivity contribution in [3.05, 3.63) is 54.0 Å². The maximum Gasteiger partial charge on any atom is 0.305 e. The average Bonchev–Trinajstić information content (AvgIpc) is 2.54. The third-order valence-electron chi connectivity index (χ3n) is 4.28. The molecule has 4 heteroatoms. The summed E-state index contributed by atoms with van der Waals surface area (Å²) >= 11 is 0. The number of esters is 1. The van der Waals surface area contributed by atoms with E-state index in [1.165, 1.54) is 7.11 Å². The van der Waals surface area contributed by atoms with Crippen molar-refractivity contribution in [3.8, 4) is 0 Å². The van der Waals surface area contributed by atoms with Crippen LogP contribution in [0.3, 0.4) is 0 Å². The Kier molecular flexibility index (Phi) is 6.03. The number of hydrogen-bond donors (Lipinski definition) is 1. The van der Waals surface area contributed by atoms with Gasteiger partial charge in [0.05, 0.1) is 7.11 Å². The van der Waals surface area contributed by atoms with Crippen LogP contribution in [0, 0.1) is 5.92 Å². The molecular formula is C19H24O4. The molecule has 23 heavy (non-hydrogen) atoms. The van der Waals surface area contributed by atoms with Crippen molar-refractivity contribution in [2.45, 2.75) is 44.3 Å². The first-order valence-electron chi connectivity index (χ1n) is 7.94. The Hall–Kier alpha value is -2.03. The third kappa shape index (κ3) is 4.72. The lowest BCUT2D eigenvalue weighted by molar-refractivity contribution is -0.141. The maximum atomic E-state index is 11.1. The van der Waals surface area contributed by atoms with Crippen molar-refractivity contribution in [2.24, 2.45) is 5.92 Å². The number of aliphatic hydroxyl groups is 1. The van der Waals surface area contributed by atoms with Gasteiger partial charge < -0.3 is 14.6 Å². The van der Waals surface area contributed by atoms with Gasteiger partial charge in [-0.15, -0.1) is 0 Å². The summed E-state index contributed by atoms with van der Waals surface area (Å²) in [6, 6.07) is 9.80. The summed E-state index contributed by atoms with van der Waals surface area (Å²) in [7, 11) is 1.40. The second kappa shape index (κ2) is 8.00. The van der Waals surface area contributed by atoms with Crippen LogP contribution in [-0.4, -0.2) is 23.8 Å². The fourth-order valence-electron chi connectivity index (χ4n) is 3.00. The average molecular weight is 316 g/mol. The Morgan fingerprint density at radius 3 is 2.70 bits per heavy atom. The molecule has 4 nitrogen and oxygen atoms in total. The SMILES string of the molecule is C=C=C(OCc1ccccc1)C1(O)CC(CCCC(=O)OC)C1. The summed E-state index contributed by atoms with van der Waals surface area (Å²) in [5.41, 5.74) is 2.81. The van der Waals surface area contributed by atoms with Crippen LogP contribution in [0.25, 0.3) is 0 Å². The highest BCUT2D eigenvalue weighted by molar-refractivity contribution is 5.68. The minimum absolute atomic E-state index is 0.183. The van der Waals surface area contributed by atoms with E-state index < -0.39 is 5.60 Å². The fraction of sp³-hybridized carbons (Fsp3) is 0.474. The largest absolute Gasteiger partial charge is 0.482 e. The Morgan fingerprint density at radius 2 is 2.09 bits per heavy atom. The molecule has 1 aromatic carbocycles. The Balaban J connectivity index is 1.77. The van der Waals surface area contributed by atoms with Gasteiger partial charge in [0.15, 0.2) is 5.76 Å². The molecule has 0 saturated heterocycles. The van der Waals surface area contributed by atoms with Crippen molar-refractivity contribution in [1.82, 2.24) is 0 Å². The topological polar surface area (TPSA) is 55.8 Å². The lowest BCUT2D eigenvalue weighted by atomic mass is 9.68. The van der Waals surface area contributed by atoms with Crippen LogP contribution in [0.15, 0.2) is 48.4 Å². The molecular weight excluding hydrogens is 292 g/mol. The van der Waals surface area contributed by atoms with E-state index in [-0.39, 0.29) is 5.97 Å². The van der Waals surface area contributed by atoms with Crippen molar-refractivity contribution in [2.75, 3.05) is 7.11 Å². The minimum atomic E-state index is -0.966. The van der Waals surface area contributed by atoms with Crippen LogP contribution in [0.2, 0.25) is 0 Å². The van der Waals surface area contributed by atoms with E-state index in [1.54, 1.807) is 0 Å². The lowest BCUT2D eigenvalue weighted by Gasteiger charge is -2.43. The Morgan fingerprint density at radius 1 is 1.39 bits per heavy atom. The van der Waals surface area contributed by atoms with Crippen LogP contribution in [0.1, 0.15) is 37.7 Å². The first-order chi connectivity index (χ1) is 11.1. The highest BCUT2D eigenvalue weighted by Gasteiger charge is 2.46. The molecule has 0 aliphatic heterocycles. The zero-order valence-electron chi connectivity index (χ0n) is 13.6. The standard InChI is InChI=1S/C19H24O4/c1-3-17(23-14-15-8-5-4-6-9-15)19(21)12-16(13-19)10-7-11-18(20)22-2/h4-6,8-9,16,21H,1,7,10-14H2,2H3. The minimum Gasteiger partial charge on any atom is -0.482 e. The molecule has 0 aromatic heterocycles. The molecule has 1 saturated carbocycles. The Bertz CT molecular complexity index is 566. The van der Waals surface area contributed by atoms with E-state index in [2.05, 4.69) is 17.0 Å². The molecule has 1 N–H and O–H groups in total. The zero-order chi connectivity index (χ0) is 16.7. The molecule has 1 fully saturated rings. The molecule has 0 heterocycles. The highest BCUT2D eigenvalue weighted by atomic mass is 16.5. The van der Waals surface area contributed by atoms with Gasteiger partial charge in [0.1, 0.15) is 12.2 Å². The van der Waals surface area contributed by atoms with Crippen molar-refractivity contribution < 1.29 is 19.4 Å². The summed E-state index contributed by atoms with van der Waals surface area (Å²) in [5, 5.41) is 10.6. The van der Waals surface area contributed by atoms with Gasteiger partial charge in [-0.1, -0.05) is 42.6 Å². The molecule has 0 radical (unpaired) electrons. The van der Waals surface area contributed by atoms with Crippen LogP contribution in [0.5, 0.6) is 0 Å². The van der Waals surface area contributed by atoms with Crippen LogP contribution in [0.4, 0.5) is 0 Å². The van der Waals surface area contributed by atoms with Gasteiger partial charge in [-0.2, -0.15) is 0 Å². The summed E-state index contributed by atoms with van der Waals surface area (Å²) in [6.07, 6.45) is 3.37. The molecule has 1 aliphatic carbocycles. The van der Waals surface area contributed by atoms with Crippen molar-refractivity contribution >= 4 is 5.97 Å². The zero-order valence-corrected chi connectivity index (χ0v) is 13.6. The van der Waals surface area contributed by atoms with E-state index in [4.69, 9.17) is 4.74 Å². The number of benzene rings is 1. The van der Waals surface area contributed by atoms with Gasteiger partial charge in [0.2, 0.25) is 0 Å². The summed E-state index contributed by atoms with van der Waals surface area (Å²) in [5.74, 6) is 0.636. The molecule has 0 atom stereocenters. The van der Waals surface area contributed by atoms with Crippen LogP contribution < -0.4 is 0 Å². The smallest absolute Gasteiger partial charge is 0.305 e. The molecule has 0 spiro atoms. The molecule has 2 rings (SSSR count). The molecule has 0 amide bonds. The van der Waals surface area contributed by atoms with Gasteiger partial charge >= 0.3 is 5.97 Å². The second-order valence-corrected chi connectivity index (χ2v) is 6.05. The van der Waals surface area contributed by atoms with Gasteiger partial charge in [-0.25, -0.2) is 0 Å². The first-order valence-corrected chi connectivity index (χ1v) is 7.94. The van der Waals surface area contributed by atoms with E-state index >= 15 is 0 Å². The maximum absolute atomic E-state index is 11.1. The van der Waals surface area contributed by atoms with Gasteiger partial charge in [-0.05, 0) is 37.2 Å². The van der Waals surface area contributed by atoms with E-state index in [0.717, 1.165) is 18.4 Å².